The lowest BCUT2D eigenvalue weighted by Gasteiger charge is -2.51. The van der Waals surface area contributed by atoms with Gasteiger partial charge in [-0.1, -0.05) is 6.08 Å². The molecule has 4 saturated heterocycles. The number of halogens is 1. The van der Waals surface area contributed by atoms with Gasteiger partial charge >= 0.3 is 0 Å². The Labute approximate surface area is 181 Å². The van der Waals surface area contributed by atoms with Gasteiger partial charge in [0, 0.05) is 12.5 Å². The average molecular weight is 435 g/mol. The highest BCUT2D eigenvalue weighted by Gasteiger charge is 2.50. The normalized spacial score (nSPS) is 39.1. The van der Waals surface area contributed by atoms with Crippen molar-refractivity contribution in [2.24, 2.45) is 11.8 Å². The molecule has 0 radical (unpaired) electrons. The second-order valence-electron chi connectivity index (χ2n) is 9.52. The Morgan fingerprint density at radius 1 is 1.16 bits per heavy atom. The molecule has 1 spiro atoms. The number of piperidine rings is 1. The van der Waals surface area contributed by atoms with Crippen LogP contribution in [0, 0.1) is 11.8 Å². The summed E-state index contributed by atoms with van der Waals surface area (Å²) in [5, 5.41) is 3.11. The van der Waals surface area contributed by atoms with Crippen molar-refractivity contribution < 1.29 is 28.2 Å². The Balaban J connectivity index is 1.45. The van der Waals surface area contributed by atoms with E-state index < -0.39 is 5.54 Å². The van der Waals surface area contributed by atoms with Gasteiger partial charge in [-0.3, -0.25) is 9.59 Å². The first kappa shape index (κ1) is 20.9. The SMILES string of the molecule is O=C1COC[C@@]2(CCCN3C(=O)COC4=C(F)C=CCC4C4CCC(CC4)OC[C@H]32)N1. The Morgan fingerprint density at radius 3 is 2.81 bits per heavy atom. The highest BCUT2D eigenvalue weighted by Crippen LogP contribution is 2.41. The lowest BCUT2D eigenvalue weighted by Crippen LogP contribution is -2.72. The molecule has 0 aromatic carbocycles. The minimum Gasteiger partial charge on any atom is -0.485 e. The lowest BCUT2D eigenvalue weighted by molar-refractivity contribution is -0.157. The smallest absolute Gasteiger partial charge is 0.260 e. The maximum atomic E-state index is 14.7. The van der Waals surface area contributed by atoms with Crippen molar-refractivity contribution >= 4 is 11.8 Å². The summed E-state index contributed by atoms with van der Waals surface area (Å²) >= 11 is 0. The number of morpholine rings is 1. The number of allylic oxidation sites excluding steroid dienone is 4. The number of ether oxygens (including phenoxy) is 3. The molecule has 5 fully saturated rings. The topological polar surface area (TPSA) is 77.1 Å². The maximum absolute atomic E-state index is 14.7. The van der Waals surface area contributed by atoms with E-state index >= 15 is 0 Å². The van der Waals surface area contributed by atoms with Crippen molar-refractivity contribution in [2.75, 3.05) is 33.0 Å². The number of amides is 2. The molecule has 170 valence electrons. The highest BCUT2D eigenvalue weighted by atomic mass is 19.1. The molecule has 31 heavy (non-hydrogen) atoms. The number of hydrogen-bond donors (Lipinski definition) is 1. The van der Waals surface area contributed by atoms with Crippen molar-refractivity contribution in [1.82, 2.24) is 10.2 Å². The van der Waals surface area contributed by atoms with Crippen LogP contribution in [-0.2, 0) is 23.8 Å². The van der Waals surface area contributed by atoms with E-state index in [0.29, 0.717) is 31.4 Å². The Kier molecular flexibility index (Phi) is 5.77. The molecule has 1 N–H and O–H groups in total. The third-order valence-corrected chi connectivity index (χ3v) is 7.69. The lowest BCUT2D eigenvalue weighted by atomic mass is 9.75. The quantitative estimate of drug-likeness (QED) is 0.633. The third kappa shape index (κ3) is 4.00. The van der Waals surface area contributed by atoms with Crippen LogP contribution in [0.3, 0.4) is 0 Å². The molecule has 4 aliphatic heterocycles. The summed E-state index contributed by atoms with van der Waals surface area (Å²) in [7, 11) is 0. The van der Waals surface area contributed by atoms with Crippen LogP contribution in [0.2, 0.25) is 0 Å². The van der Waals surface area contributed by atoms with Crippen molar-refractivity contribution in [3.8, 4) is 0 Å². The second-order valence-corrected chi connectivity index (χ2v) is 9.52. The van der Waals surface area contributed by atoms with Crippen LogP contribution in [0.25, 0.3) is 0 Å². The van der Waals surface area contributed by atoms with Crippen molar-refractivity contribution in [1.29, 1.82) is 0 Å². The number of nitrogens with zero attached hydrogens (tertiary/aromatic N) is 1. The zero-order valence-corrected chi connectivity index (χ0v) is 17.8. The van der Waals surface area contributed by atoms with E-state index in [1.165, 1.54) is 6.08 Å². The van der Waals surface area contributed by atoms with E-state index in [1.54, 1.807) is 4.90 Å². The van der Waals surface area contributed by atoms with Gasteiger partial charge < -0.3 is 24.4 Å². The molecular weight excluding hydrogens is 403 g/mol. The van der Waals surface area contributed by atoms with Gasteiger partial charge in [-0.25, -0.2) is 4.39 Å². The van der Waals surface area contributed by atoms with Gasteiger partial charge in [0.15, 0.2) is 12.4 Å². The summed E-state index contributed by atoms with van der Waals surface area (Å²) in [5.41, 5.74) is -0.652. The molecule has 0 aromatic rings. The summed E-state index contributed by atoms with van der Waals surface area (Å²) in [5.74, 6) is -0.0821. The van der Waals surface area contributed by atoms with Crippen LogP contribution in [0.5, 0.6) is 0 Å². The van der Waals surface area contributed by atoms with Crippen LogP contribution in [-0.4, -0.2) is 67.4 Å². The fraction of sp³-hybridized carbons (Fsp3) is 0.739. The predicted octanol–water partition coefficient (Wildman–Crippen LogP) is 2.23. The van der Waals surface area contributed by atoms with E-state index in [1.807, 2.05) is 6.08 Å². The first-order valence-electron chi connectivity index (χ1n) is 11.5. The van der Waals surface area contributed by atoms with E-state index in [-0.39, 0.29) is 48.9 Å². The van der Waals surface area contributed by atoms with Gasteiger partial charge in [-0.05, 0) is 56.9 Å². The summed E-state index contributed by atoms with van der Waals surface area (Å²) in [6.07, 6.45) is 9.40. The maximum Gasteiger partial charge on any atom is 0.260 e. The van der Waals surface area contributed by atoms with Gasteiger partial charge in [-0.15, -0.1) is 0 Å². The molecule has 4 heterocycles. The zero-order valence-electron chi connectivity index (χ0n) is 17.8. The number of carbonyl (C=O) groups excluding carboxylic acids is 2. The van der Waals surface area contributed by atoms with E-state index in [2.05, 4.69) is 5.32 Å². The second kappa shape index (κ2) is 8.54. The largest absolute Gasteiger partial charge is 0.485 e. The first-order valence-corrected chi connectivity index (χ1v) is 11.5. The third-order valence-electron chi connectivity index (χ3n) is 7.69. The number of carbonyl (C=O) groups is 2. The van der Waals surface area contributed by atoms with Gasteiger partial charge in [0.1, 0.15) is 12.4 Å². The fourth-order valence-corrected chi connectivity index (χ4v) is 6.10. The number of fused-ring (bicyclic) bond motifs is 5. The molecule has 3 atom stereocenters. The minimum absolute atomic E-state index is 0.0194. The van der Waals surface area contributed by atoms with Crippen LogP contribution in [0.4, 0.5) is 4.39 Å². The summed E-state index contributed by atoms with van der Waals surface area (Å²) in [6.45, 7) is 1.11. The molecule has 1 unspecified atom stereocenters. The molecule has 6 aliphatic rings. The predicted molar refractivity (Wildman–Crippen MR) is 109 cm³/mol. The van der Waals surface area contributed by atoms with Crippen LogP contribution < -0.4 is 5.32 Å². The number of hydrogen-bond acceptors (Lipinski definition) is 5. The van der Waals surface area contributed by atoms with Gasteiger partial charge in [-0.2, -0.15) is 0 Å². The van der Waals surface area contributed by atoms with E-state index in [9.17, 15) is 14.0 Å². The monoisotopic (exact) mass is 434 g/mol. The summed E-state index contributed by atoms with van der Waals surface area (Å²) < 4.78 is 32.5. The molecule has 1 saturated carbocycles. The Bertz CT molecular complexity index is 787. The molecule has 2 bridgehead atoms. The number of rotatable bonds is 0. The average Bonchev–Trinajstić information content (AvgIpc) is 2.78. The van der Waals surface area contributed by atoms with E-state index in [0.717, 1.165) is 44.9 Å². The summed E-state index contributed by atoms with van der Waals surface area (Å²) in [4.78, 5) is 27.2. The van der Waals surface area contributed by atoms with Gasteiger partial charge in [0.2, 0.25) is 5.91 Å². The van der Waals surface area contributed by atoms with Gasteiger partial charge in [0.25, 0.3) is 5.91 Å². The Hall–Kier alpha value is -1.93. The number of nitrogens with one attached hydrogen (secondary N) is 1. The van der Waals surface area contributed by atoms with Crippen molar-refractivity contribution in [3.63, 3.8) is 0 Å². The van der Waals surface area contributed by atoms with E-state index in [4.69, 9.17) is 14.2 Å². The van der Waals surface area contributed by atoms with Crippen LogP contribution in [0.15, 0.2) is 23.7 Å². The van der Waals surface area contributed by atoms with Crippen LogP contribution >= 0.6 is 0 Å². The Morgan fingerprint density at radius 2 is 2.00 bits per heavy atom. The zero-order chi connectivity index (χ0) is 21.4. The molecular formula is C23H31FN2O5. The molecule has 7 nitrogen and oxygen atoms in total. The molecule has 6 rings (SSSR count). The summed E-state index contributed by atoms with van der Waals surface area (Å²) in [6, 6.07) is -0.332. The first-order chi connectivity index (χ1) is 15.1. The van der Waals surface area contributed by atoms with Crippen molar-refractivity contribution in [2.45, 2.75) is 62.6 Å². The molecule has 2 aliphatic carbocycles. The van der Waals surface area contributed by atoms with Crippen LogP contribution in [0.1, 0.15) is 44.9 Å². The highest BCUT2D eigenvalue weighted by molar-refractivity contribution is 5.80. The van der Waals surface area contributed by atoms with Gasteiger partial charge in [0.05, 0.1) is 30.9 Å². The molecule has 2 amide bonds. The minimum atomic E-state index is -0.652. The standard InChI is InChI=1S/C23H31FN2O5/c24-18-4-1-3-17-15-5-7-16(8-6-15)30-11-19-23(14-29-12-20(27)25-23)9-2-10-26(19)21(28)13-31-22(17)18/h1,4,15-17,19H,2-3,5-14H2,(H,25,27)/t15?,16?,17?,19-,23+/m0/s1. The van der Waals surface area contributed by atoms with Crippen molar-refractivity contribution in [3.05, 3.63) is 23.7 Å². The fourth-order valence-electron chi connectivity index (χ4n) is 6.10. The molecule has 0 aromatic heterocycles. The molecule has 8 heteroatoms.